The molecule has 0 saturated heterocycles. The van der Waals surface area contributed by atoms with Crippen molar-refractivity contribution >= 4 is 11.3 Å². The molecule has 1 aliphatic rings. The van der Waals surface area contributed by atoms with Gasteiger partial charge in [-0.25, -0.2) is 4.98 Å². The molecule has 1 aliphatic carbocycles. The Morgan fingerprint density at radius 3 is 2.80 bits per heavy atom. The maximum atomic E-state index is 10.1. The van der Waals surface area contributed by atoms with E-state index in [9.17, 15) is 5.11 Å². The van der Waals surface area contributed by atoms with Gasteiger partial charge in [0.25, 0.3) is 0 Å². The maximum Gasteiger partial charge on any atom is 0.0900 e. The van der Waals surface area contributed by atoms with Crippen molar-refractivity contribution in [1.29, 1.82) is 0 Å². The van der Waals surface area contributed by atoms with Gasteiger partial charge in [0.15, 0.2) is 0 Å². The van der Waals surface area contributed by atoms with Crippen LogP contribution in [0.15, 0.2) is 6.20 Å². The Morgan fingerprint density at radius 1 is 1.47 bits per heavy atom. The highest BCUT2D eigenvalue weighted by Gasteiger charge is 2.19. The molecule has 0 spiro atoms. The zero-order valence-electron chi connectivity index (χ0n) is 9.28. The molecule has 0 aliphatic heterocycles. The predicted octanol–water partition coefficient (Wildman–Crippen LogP) is 3.46. The average molecular weight is 225 g/mol. The molecule has 1 fully saturated rings. The number of aliphatic hydroxyl groups excluding tert-OH is 1. The van der Waals surface area contributed by atoms with E-state index in [1.54, 1.807) is 11.3 Å². The van der Waals surface area contributed by atoms with Crippen LogP contribution < -0.4 is 0 Å². The SMILES string of the molecule is Cc1ncc(C(O)CC2CCCCC2)s1. The van der Waals surface area contributed by atoms with E-state index in [4.69, 9.17) is 0 Å². The summed E-state index contributed by atoms with van der Waals surface area (Å²) in [7, 11) is 0. The fourth-order valence-corrected chi connectivity index (χ4v) is 3.17. The highest BCUT2D eigenvalue weighted by atomic mass is 32.1. The van der Waals surface area contributed by atoms with Gasteiger partial charge in [-0.05, 0) is 19.3 Å². The van der Waals surface area contributed by atoms with Crippen LogP contribution in [-0.2, 0) is 0 Å². The van der Waals surface area contributed by atoms with E-state index in [-0.39, 0.29) is 6.10 Å². The molecular weight excluding hydrogens is 206 g/mol. The van der Waals surface area contributed by atoms with E-state index in [0.717, 1.165) is 22.2 Å². The Balaban J connectivity index is 1.88. The number of aliphatic hydroxyl groups is 1. The standard InChI is InChI=1S/C12H19NOS/c1-9-13-8-12(15-9)11(14)7-10-5-3-2-4-6-10/h8,10-11,14H,2-7H2,1H3. The van der Waals surface area contributed by atoms with Crippen molar-refractivity contribution in [3.05, 3.63) is 16.1 Å². The van der Waals surface area contributed by atoms with Crippen LogP contribution in [0.5, 0.6) is 0 Å². The monoisotopic (exact) mass is 225 g/mol. The smallest absolute Gasteiger partial charge is 0.0900 e. The summed E-state index contributed by atoms with van der Waals surface area (Å²) in [6.07, 6.45) is 9.16. The number of aromatic nitrogens is 1. The van der Waals surface area contributed by atoms with Gasteiger partial charge in [0.1, 0.15) is 0 Å². The normalized spacial score (nSPS) is 20.4. The van der Waals surface area contributed by atoms with Gasteiger partial charge in [-0.3, -0.25) is 0 Å². The molecule has 1 aromatic rings. The van der Waals surface area contributed by atoms with E-state index >= 15 is 0 Å². The van der Waals surface area contributed by atoms with E-state index < -0.39 is 0 Å². The number of hydrogen-bond donors (Lipinski definition) is 1. The van der Waals surface area contributed by atoms with E-state index in [1.807, 2.05) is 13.1 Å². The van der Waals surface area contributed by atoms with Crippen LogP contribution in [-0.4, -0.2) is 10.1 Å². The first-order chi connectivity index (χ1) is 7.25. The topological polar surface area (TPSA) is 33.1 Å². The molecular formula is C12H19NOS. The Bertz CT molecular complexity index is 304. The van der Waals surface area contributed by atoms with Gasteiger partial charge in [0.2, 0.25) is 0 Å². The molecule has 0 radical (unpaired) electrons. The molecule has 0 aromatic carbocycles. The molecule has 0 amide bonds. The summed E-state index contributed by atoms with van der Waals surface area (Å²) < 4.78 is 0. The lowest BCUT2D eigenvalue weighted by molar-refractivity contribution is 0.134. The predicted molar refractivity (Wildman–Crippen MR) is 63.0 cm³/mol. The number of rotatable bonds is 3. The third-order valence-corrected chi connectivity index (χ3v) is 4.26. The summed E-state index contributed by atoms with van der Waals surface area (Å²) in [5.74, 6) is 0.733. The lowest BCUT2D eigenvalue weighted by Gasteiger charge is -2.23. The van der Waals surface area contributed by atoms with Gasteiger partial charge in [-0.1, -0.05) is 32.1 Å². The lowest BCUT2D eigenvalue weighted by atomic mass is 9.85. The fourth-order valence-electron chi connectivity index (χ4n) is 2.39. The van der Waals surface area contributed by atoms with Gasteiger partial charge < -0.3 is 5.11 Å². The minimum absolute atomic E-state index is 0.278. The van der Waals surface area contributed by atoms with Crippen molar-refractivity contribution in [3.63, 3.8) is 0 Å². The Labute approximate surface area is 95.4 Å². The quantitative estimate of drug-likeness (QED) is 0.854. The summed E-state index contributed by atoms with van der Waals surface area (Å²) in [4.78, 5) is 5.23. The highest BCUT2D eigenvalue weighted by Crippen LogP contribution is 2.33. The van der Waals surface area contributed by atoms with E-state index in [2.05, 4.69) is 4.98 Å². The molecule has 1 atom stereocenters. The van der Waals surface area contributed by atoms with Crippen LogP contribution in [0.3, 0.4) is 0 Å². The first kappa shape index (κ1) is 11.1. The van der Waals surface area contributed by atoms with Crippen molar-refractivity contribution in [2.45, 2.75) is 51.6 Å². The third kappa shape index (κ3) is 3.02. The summed E-state index contributed by atoms with van der Waals surface area (Å²) in [5, 5.41) is 11.1. The van der Waals surface area contributed by atoms with Crippen molar-refractivity contribution in [1.82, 2.24) is 4.98 Å². The summed E-state index contributed by atoms with van der Waals surface area (Å²) in [5.41, 5.74) is 0. The lowest BCUT2D eigenvalue weighted by Crippen LogP contribution is -2.10. The van der Waals surface area contributed by atoms with Gasteiger partial charge in [-0.15, -0.1) is 11.3 Å². The molecule has 3 heteroatoms. The van der Waals surface area contributed by atoms with E-state index in [0.29, 0.717) is 0 Å². The number of nitrogens with zero attached hydrogens (tertiary/aromatic N) is 1. The summed E-state index contributed by atoms with van der Waals surface area (Å²) in [6, 6.07) is 0. The fraction of sp³-hybridized carbons (Fsp3) is 0.750. The van der Waals surface area contributed by atoms with Gasteiger partial charge in [0, 0.05) is 6.20 Å². The number of aryl methyl sites for hydroxylation is 1. The molecule has 0 bridgehead atoms. The molecule has 1 aromatic heterocycles. The van der Waals surface area contributed by atoms with Crippen LogP contribution in [0.25, 0.3) is 0 Å². The molecule has 15 heavy (non-hydrogen) atoms. The van der Waals surface area contributed by atoms with E-state index in [1.165, 1.54) is 32.1 Å². The largest absolute Gasteiger partial charge is 0.388 e. The van der Waals surface area contributed by atoms with Crippen molar-refractivity contribution in [2.75, 3.05) is 0 Å². The van der Waals surface area contributed by atoms with Crippen molar-refractivity contribution in [3.8, 4) is 0 Å². The van der Waals surface area contributed by atoms with Gasteiger partial charge in [0.05, 0.1) is 16.0 Å². The first-order valence-electron chi connectivity index (χ1n) is 5.86. The van der Waals surface area contributed by atoms with Crippen LogP contribution in [0.4, 0.5) is 0 Å². The molecule has 84 valence electrons. The van der Waals surface area contributed by atoms with Crippen LogP contribution in [0, 0.1) is 12.8 Å². The minimum atomic E-state index is -0.278. The number of hydrogen-bond acceptors (Lipinski definition) is 3. The Morgan fingerprint density at radius 2 is 2.20 bits per heavy atom. The maximum absolute atomic E-state index is 10.1. The molecule has 1 unspecified atom stereocenters. The molecule has 1 saturated carbocycles. The Kier molecular flexibility index (Phi) is 3.76. The third-order valence-electron chi connectivity index (χ3n) is 3.25. The molecule has 2 rings (SSSR count). The van der Waals surface area contributed by atoms with Crippen molar-refractivity contribution < 1.29 is 5.11 Å². The zero-order valence-corrected chi connectivity index (χ0v) is 10.1. The molecule has 2 nitrogen and oxygen atoms in total. The highest BCUT2D eigenvalue weighted by molar-refractivity contribution is 7.11. The second-order valence-corrected chi connectivity index (χ2v) is 5.80. The summed E-state index contributed by atoms with van der Waals surface area (Å²) in [6.45, 7) is 1.99. The molecule has 1 heterocycles. The number of thiazole rings is 1. The van der Waals surface area contributed by atoms with Gasteiger partial charge >= 0.3 is 0 Å². The first-order valence-corrected chi connectivity index (χ1v) is 6.68. The van der Waals surface area contributed by atoms with Crippen molar-refractivity contribution in [2.24, 2.45) is 5.92 Å². The Hall–Kier alpha value is -0.410. The second-order valence-electron chi connectivity index (χ2n) is 4.54. The van der Waals surface area contributed by atoms with Crippen LogP contribution in [0.2, 0.25) is 0 Å². The van der Waals surface area contributed by atoms with Crippen LogP contribution >= 0.6 is 11.3 Å². The average Bonchev–Trinajstić information content (AvgIpc) is 2.66. The zero-order chi connectivity index (χ0) is 10.7. The second kappa shape index (κ2) is 5.08. The van der Waals surface area contributed by atoms with Crippen LogP contribution in [0.1, 0.15) is 54.5 Å². The minimum Gasteiger partial charge on any atom is -0.388 e. The summed E-state index contributed by atoms with van der Waals surface area (Å²) >= 11 is 1.62. The van der Waals surface area contributed by atoms with Gasteiger partial charge in [-0.2, -0.15) is 0 Å². The molecule has 1 N–H and O–H groups in total.